The Morgan fingerprint density at radius 3 is 2.78 bits per heavy atom. The molecule has 1 aromatic carbocycles. The summed E-state index contributed by atoms with van der Waals surface area (Å²) in [6, 6.07) is 5.11. The van der Waals surface area contributed by atoms with Crippen LogP contribution in [0.25, 0.3) is 0 Å². The SMILES string of the molecule is CC1CN(c2ccc(C(N)=O)cc2N)CCC1O. The van der Waals surface area contributed by atoms with E-state index in [0.717, 1.165) is 25.2 Å². The van der Waals surface area contributed by atoms with Gasteiger partial charge in [0.15, 0.2) is 0 Å². The molecule has 5 N–H and O–H groups in total. The molecule has 98 valence electrons. The molecule has 1 heterocycles. The van der Waals surface area contributed by atoms with Crippen molar-refractivity contribution >= 4 is 17.3 Å². The minimum absolute atomic E-state index is 0.217. The van der Waals surface area contributed by atoms with Gasteiger partial charge in [-0.05, 0) is 30.5 Å². The lowest BCUT2D eigenvalue weighted by molar-refractivity contribution is 0.0971. The molecule has 18 heavy (non-hydrogen) atoms. The molecule has 0 aliphatic carbocycles. The van der Waals surface area contributed by atoms with Crippen LogP contribution in [0.1, 0.15) is 23.7 Å². The number of aliphatic hydroxyl groups is 1. The van der Waals surface area contributed by atoms with Crippen LogP contribution in [0.5, 0.6) is 0 Å². The molecule has 1 aromatic rings. The lowest BCUT2D eigenvalue weighted by Gasteiger charge is -2.36. The predicted molar refractivity (Wildman–Crippen MR) is 71.4 cm³/mol. The van der Waals surface area contributed by atoms with Crippen LogP contribution in [-0.4, -0.2) is 30.2 Å². The molecule has 2 rings (SSSR count). The summed E-state index contributed by atoms with van der Waals surface area (Å²) < 4.78 is 0. The quantitative estimate of drug-likeness (QED) is 0.668. The number of anilines is 2. The second-order valence-corrected chi connectivity index (χ2v) is 4.92. The van der Waals surface area contributed by atoms with Crippen LogP contribution in [0.2, 0.25) is 0 Å². The number of nitrogens with zero attached hydrogens (tertiary/aromatic N) is 1. The molecule has 5 nitrogen and oxygen atoms in total. The fraction of sp³-hybridized carbons (Fsp3) is 0.462. The molecule has 2 unspecified atom stereocenters. The summed E-state index contributed by atoms with van der Waals surface area (Å²) in [7, 11) is 0. The van der Waals surface area contributed by atoms with Gasteiger partial charge in [-0.3, -0.25) is 4.79 Å². The second-order valence-electron chi connectivity index (χ2n) is 4.92. The summed E-state index contributed by atoms with van der Waals surface area (Å²) in [5.74, 6) is -0.260. The van der Waals surface area contributed by atoms with Crippen LogP contribution >= 0.6 is 0 Å². The lowest BCUT2D eigenvalue weighted by Crippen LogP contribution is -2.42. The smallest absolute Gasteiger partial charge is 0.248 e. The molecule has 1 fully saturated rings. The number of nitrogen functional groups attached to an aromatic ring is 1. The standard InChI is InChI=1S/C13H19N3O2/c1-8-7-16(5-4-12(8)17)11-3-2-9(13(15)18)6-10(11)14/h2-3,6,8,12,17H,4-5,7,14H2,1H3,(H2,15,18). The Morgan fingerprint density at radius 2 is 2.22 bits per heavy atom. The van der Waals surface area contributed by atoms with Crippen molar-refractivity contribution in [1.82, 2.24) is 0 Å². The Morgan fingerprint density at radius 1 is 1.50 bits per heavy atom. The molecule has 0 spiro atoms. The van der Waals surface area contributed by atoms with Gasteiger partial charge in [-0.25, -0.2) is 0 Å². The van der Waals surface area contributed by atoms with Crippen molar-refractivity contribution in [3.8, 4) is 0 Å². The number of hydrogen-bond acceptors (Lipinski definition) is 4. The highest BCUT2D eigenvalue weighted by Crippen LogP contribution is 2.28. The Balaban J connectivity index is 2.21. The number of primary amides is 1. The number of piperidine rings is 1. The van der Waals surface area contributed by atoms with Crippen LogP contribution in [0.4, 0.5) is 11.4 Å². The number of aliphatic hydroxyl groups excluding tert-OH is 1. The van der Waals surface area contributed by atoms with Gasteiger partial charge >= 0.3 is 0 Å². The molecule has 0 radical (unpaired) electrons. The van der Waals surface area contributed by atoms with Gasteiger partial charge in [-0.15, -0.1) is 0 Å². The number of amides is 1. The first-order valence-corrected chi connectivity index (χ1v) is 6.11. The van der Waals surface area contributed by atoms with Crippen LogP contribution < -0.4 is 16.4 Å². The van der Waals surface area contributed by atoms with Gasteiger partial charge in [-0.1, -0.05) is 6.92 Å². The minimum Gasteiger partial charge on any atom is -0.397 e. The van der Waals surface area contributed by atoms with Crippen molar-refractivity contribution < 1.29 is 9.90 Å². The van der Waals surface area contributed by atoms with E-state index < -0.39 is 5.91 Å². The Bertz CT molecular complexity index is 462. The van der Waals surface area contributed by atoms with E-state index in [2.05, 4.69) is 4.90 Å². The Kier molecular flexibility index (Phi) is 3.43. The first-order valence-electron chi connectivity index (χ1n) is 6.11. The van der Waals surface area contributed by atoms with E-state index in [9.17, 15) is 9.90 Å². The van der Waals surface area contributed by atoms with E-state index in [1.54, 1.807) is 12.1 Å². The fourth-order valence-electron chi connectivity index (χ4n) is 2.35. The van der Waals surface area contributed by atoms with Crippen molar-refractivity contribution in [2.45, 2.75) is 19.4 Å². The molecule has 2 atom stereocenters. The maximum atomic E-state index is 11.1. The maximum absolute atomic E-state index is 11.1. The van der Waals surface area contributed by atoms with Gasteiger partial charge in [0.1, 0.15) is 0 Å². The number of rotatable bonds is 2. The molecular formula is C13H19N3O2. The van der Waals surface area contributed by atoms with Crippen molar-refractivity contribution in [2.75, 3.05) is 23.7 Å². The van der Waals surface area contributed by atoms with Gasteiger partial charge in [0, 0.05) is 18.7 Å². The van der Waals surface area contributed by atoms with Gasteiger partial charge < -0.3 is 21.5 Å². The molecule has 1 aliphatic heterocycles. The maximum Gasteiger partial charge on any atom is 0.248 e. The average Bonchev–Trinajstić information content (AvgIpc) is 2.32. The zero-order chi connectivity index (χ0) is 13.3. The lowest BCUT2D eigenvalue weighted by atomic mass is 9.96. The summed E-state index contributed by atoms with van der Waals surface area (Å²) in [4.78, 5) is 13.2. The van der Waals surface area contributed by atoms with E-state index in [0.29, 0.717) is 11.3 Å². The topological polar surface area (TPSA) is 92.6 Å². The number of nitrogens with two attached hydrogens (primary N) is 2. The van der Waals surface area contributed by atoms with Gasteiger partial charge in [0.25, 0.3) is 0 Å². The van der Waals surface area contributed by atoms with Crippen LogP contribution in [0.15, 0.2) is 18.2 Å². The zero-order valence-corrected chi connectivity index (χ0v) is 10.5. The van der Waals surface area contributed by atoms with Gasteiger partial charge in [0.2, 0.25) is 5.91 Å². The number of benzene rings is 1. The molecule has 0 saturated carbocycles. The minimum atomic E-state index is -0.476. The highest BCUT2D eigenvalue weighted by molar-refractivity contribution is 5.94. The van der Waals surface area contributed by atoms with E-state index in [-0.39, 0.29) is 12.0 Å². The monoisotopic (exact) mass is 249 g/mol. The summed E-state index contributed by atoms with van der Waals surface area (Å²) in [6.07, 6.45) is 0.491. The first-order chi connectivity index (χ1) is 8.49. The third-order valence-electron chi connectivity index (χ3n) is 3.51. The van der Waals surface area contributed by atoms with Crippen LogP contribution in [-0.2, 0) is 0 Å². The van der Waals surface area contributed by atoms with Crippen LogP contribution in [0, 0.1) is 5.92 Å². The third kappa shape index (κ3) is 2.41. The molecule has 1 saturated heterocycles. The molecule has 1 amide bonds. The van der Waals surface area contributed by atoms with E-state index in [1.807, 2.05) is 13.0 Å². The largest absolute Gasteiger partial charge is 0.397 e. The summed E-state index contributed by atoms with van der Waals surface area (Å²) >= 11 is 0. The summed E-state index contributed by atoms with van der Waals surface area (Å²) in [5, 5.41) is 9.71. The van der Waals surface area contributed by atoms with Crippen molar-refractivity contribution in [3.05, 3.63) is 23.8 Å². The Labute approximate surface area is 106 Å². The fourth-order valence-corrected chi connectivity index (χ4v) is 2.35. The van der Waals surface area contributed by atoms with E-state index >= 15 is 0 Å². The van der Waals surface area contributed by atoms with Crippen molar-refractivity contribution in [3.63, 3.8) is 0 Å². The average molecular weight is 249 g/mol. The number of carbonyl (C=O) groups excluding carboxylic acids is 1. The molecule has 1 aliphatic rings. The summed E-state index contributed by atoms with van der Waals surface area (Å²) in [6.45, 7) is 3.55. The van der Waals surface area contributed by atoms with Crippen molar-refractivity contribution in [2.24, 2.45) is 11.7 Å². The first kappa shape index (κ1) is 12.7. The highest BCUT2D eigenvalue weighted by Gasteiger charge is 2.25. The third-order valence-corrected chi connectivity index (χ3v) is 3.51. The van der Waals surface area contributed by atoms with Gasteiger partial charge in [-0.2, -0.15) is 0 Å². The predicted octanol–water partition coefficient (Wildman–Crippen LogP) is 0.575. The Hall–Kier alpha value is -1.75. The zero-order valence-electron chi connectivity index (χ0n) is 10.5. The van der Waals surface area contributed by atoms with Crippen LogP contribution in [0.3, 0.4) is 0 Å². The second kappa shape index (κ2) is 4.86. The number of carbonyl (C=O) groups is 1. The van der Waals surface area contributed by atoms with E-state index in [4.69, 9.17) is 11.5 Å². The molecule has 0 bridgehead atoms. The van der Waals surface area contributed by atoms with Crippen molar-refractivity contribution in [1.29, 1.82) is 0 Å². The normalized spacial score (nSPS) is 24.0. The summed E-state index contributed by atoms with van der Waals surface area (Å²) in [5.41, 5.74) is 13.0. The molecular weight excluding hydrogens is 230 g/mol. The molecule has 0 aromatic heterocycles. The van der Waals surface area contributed by atoms with Gasteiger partial charge in [0.05, 0.1) is 17.5 Å². The number of hydrogen-bond donors (Lipinski definition) is 3. The molecule has 5 heteroatoms. The van der Waals surface area contributed by atoms with E-state index in [1.165, 1.54) is 0 Å². The highest BCUT2D eigenvalue weighted by atomic mass is 16.3.